The first-order chi connectivity index (χ1) is 12.3. The zero-order valence-corrected chi connectivity index (χ0v) is 17.4. The van der Waals surface area contributed by atoms with Gasteiger partial charge >= 0.3 is 0 Å². The maximum Gasteiger partial charge on any atom is 0.0909 e. The average Bonchev–Trinajstić information content (AvgIpc) is 2.63. The minimum atomic E-state index is -2.36. The fraction of sp³-hybridized carbons (Fsp3) is 0.381. The molecule has 0 bridgehead atoms. The normalized spacial score (nSPS) is 13.6. The van der Waals surface area contributed by atoms with Gasteiger partial charge < -0.3 is 4.90 Å². The van der Waals surface area contributed by atoms with Crippen molar-refractivity contribution in [1.29, 1.82) is 0 Å². The molecule has 0 heterocycles. The molecular weight excluding hydrogens is 342 g/mol. The van der Waals surface area contributed by atoms with Crippen LogP contribution >= 0.6 is 0 Å². The third-order valence-electron chi connectivity index (χ3n) is 4.66. The highest BCUT2D eigenvalue weighted by Gasteiger charge is 2.13. The zero-order chi connectivity index (χ0) is 19.3. The SMILES string of the molecule is CCN(C)C=Nc1cc(C)c(Cc2ccccc2S(C)(=O)=NC)cc1C. The third-order valence-corrected chi connectivity index (χ3v) is 6.57. The van der Waals surface area contributed by atoms with Gasteiger partial charge in [0.05, 0.1) is 26.7 Å². The van der Waals surface area contributed by atoms with E-state index in [0.29, 0.717) is 0 Å². The van der Waals surface area contributed by atoms with Crippen molar-refractivity contribution in [3.05, 3.63) is 58.7 Å². The number of aryl methyl sites for hydroxylation is 2. The van der Waals surface area contributed by atoms with Crippen LogP contribution in [0.4, 0.5) is 5.69 Å². The van der Waals surface area contributed by atoms with Crippen LogP contribution in [0.1, 0.15) is 29.2 Å². The van der Waals surface area contributed by atoms with E-state index in [4.69, 9.17) is 0 Å². The molecule has 2 aromatic rings. The first-order valence-electron chi connectivity index (χ1n) is 8.81. The van der Waals surface area contributed by atoms with Crippen LogP contribution in [0.5, 0.6) is 0 Å². The molecular formula is C21H29N3OS. The molecule has 0 saturated carbocycles. The summed E-state index contributed by atoms with van der Waals surface area (Å²) in [5, 5.41) is 0. The Morgan fingerprint density at radius 3 is 2.46 bits per heavy atom. The molecule has 5 heteroatoms. The minimum Gasteiger partial charge on any atom is -0.366 e. The first kappa shape index (κ1) is 20.2. The molecule has 0 radical (unpaired) electrons. The van der Waals surface area contributed by atoms with Crippen LogP contribution in [0.15, 0.2) is 50.6 Å². The molecule has 0 aliphatic rings. The van der Waals surface area contributed by atoms with Crippen molar-refractivity contribution in [2.45, 2.75) is 32.1 Å². The van der Waals surface area contributed by atoms with Crippen LogP contribution in [0, 0.1) is 13.8 Å². The van der Waals surface area contributed by atoms with E-state index in [2.05, 4.69) is 42.3 Å². The summed E-state index contributed by atoms with van der Waals surface area (Å²) >= 11 is 0. The molecule has 0 saturated heterocycles. The van der Waals surface area contributed by atoms with Gasteiger partial charge in [-0.1, -0.05) is 24.3 Å². The van der Waals surface area contributed by atoms with E-state index in [9.17, 15) is 4.21 Å². The minimum absolute atomic E-state index is 0.738. The molecule has 140 valence electrons. The van der Waals surface area contributed by atoms with Crippen LogP contribution in [0.25, 0.3) is 0 Å². The second kappa shape index (κ2) is 8.49. The lowest BCUT2D eigenvalue weighted by Crippen LogP contribution is -2.14. The van der Waals surface area contributed by atoms with Crippen molar-refractivity contribution >= 4 is 21.8 Å². The predicted molar refractivity (Wildman–Crippen MR) is 112 cm³/mol. The molecule has 4 nitrogen and oxygen atoms in total. The van der Waals surface area contributed by atoms with Crippen molar-refractivity contribution in [2.24, 2.45) is 9.36 Å². The van der Waals surface area contributed by atoms with Crippen molar-refractivity contribution in [3.8, 4) is 0 Å². The summed E-state index contributed by atoms with van der Waals surface area (Å²) in [6.07, 6.45) is 4.31. The van der Waals surface area contributed by atoms with Gasteiger partial charge in [0.1, 0.15) is 0 Å². The van der Waals surface area contributed by atoms with E-state index in [-0.39, 0.29) is 0 Å². The van der Waals surface area contributed by atoms with Gasteiger partial charge in [-0.05, 0) is 61.6 Å². The predicted octanol–water partition coefficient (Wildman–Crippen LogP) is 4.59. The zero-order valence-electron chi connectivity index (χ0n) is 16.6. The Labute approximate surface area is 158 Å². The van der Waals surface area contributed by atoms with Gasteiger partial charge in [-0.2, -0.15) is 0 Å². The number of hydrogen-bond donors (Lipinski definition) is 0. The van der Waals surface area contributed by atoms with Crippen LogP contribution in [0.3, 0.4) is 0 Å². The van der Waals surface area contributed by atoms with Crippen LogP contribution < -0.4 is 0 Å². The maximum absolute atomic E-state index is 12.8. The molecule has 0 aromatic heterocycles. The van der Waals surface area contributed by atoms with Gasteiger partial charge in [-0.3, -0.25) is 0 Å². The maximum atomic E-state index is 12.8. The van der Waals surface area contributed by atoms with Gasteiger partial charge in [0, 0.05) is 26.9 Å². The van der Waals surface area contributed by atoms with Crippen molar-refractivity contribution < 1.29 is 4.21 Å². The summed E-state index contributed by atoms with van der Waals surface area (Å²) in [4.78, 5) is 7.47. The molecule has 0 fully saturated rings. The van der Waals surface area contributed by atoms with E-state index in [1.165, 1.54) is 11.1 Å². The van der Waals surface area contributed by atoms with Crippen molar-refractivity contribution in [3.63, 3.8) is 0 Å². The molecule has 1 unspecified atom stereocenters. The van der Waals surface area contributed by atoms with E-state index in [1.54, 1.807) is 13.3 Å². The Hall–Kier alpha value is -2.14. The second-order valence-corrected chi connectivity index (χ2v) is 9.06. The molecule has 26 heavy (non-hydrogen) atoms. The van der Waals surface area contributed by atoms with E-state index in [1.807, 2.05) is 42.6 Å². The fourth-order valence-electron chi connectivity index (χ4n) is 2.76. The van der Waals surface area contributed by atoms with Crippen LogP contribution in [0.2, 0.25) is 0 Å². The van der Waals surface area contributed by atoms with Gasteiger partial charge in [0.25, 0.3) is 0 Å². The second-order valence-electron chi connectivity index (χ2n) is 6.65. The summed E-state index contributed by atoms with van der Waals surface area (Å²) in [5.74, 6) is 0. The number of aliphatic imine (C=N–C) groups is 1. The van der Waals surface area contributed by atoms with Gasteiger partial charge in [-0.15, -0.1) is 0 Å². The molecule has 0 aliphatic heterocycles. The van der Waals surface area contributed by atoms with Gasteiger partial charge in [0.15, 0.2) is 0 Å². The standard InChI is InChI=1S/C21H29N3OS/c1-7-24(5)15-23-20-13-16(2)19(12-17(20)3)14-18-10-8-9-11-21(18)26(6,25)22-4/h8-13,15H,7,14H2,1-6H3. The summed E-state index contributed by atoms with van der Waals surface area (Å²) in [6.45, 7) is 7.21. The number of rotatable bonds is 6. The summed E-state index contributed by atoms with van der Waals surface area (Å²) in [5.41, 5.74) is 5.61. The van der Waals surface area contributed by atoms with Crippen LogP contribution in [-0.4, -0.2) is 42.3 Å². The Morgan fingerprint density at radius 1 is 1.12 bits per heavy atom. The number of hydrogen-bond acceptors (Lipinski definition) is 3. The highest BCUT2D eigenvalue weighted by Crippen LogP contribution is 2.27. The van der Waals surface area contributed by atoms with Crippen molar-refractivity contribution in [2.75, 3.05) is 26.9 Å². The number of nitrogens with zero attached hydrogens (tertiary/aromatic N) is 3. The quantitative estimate of drug-likeness (QED) is 0.550. The molecule has 2 aromatic carbocycles. The number of benzene rings is 2. The topological polar surface area (TPSA) is 45.0 Å². The smallest absolute Gasteiger partial charge is 0.0909 e. The van der Waals surface area contributed by atoms with E-state index >= 15 is 0 Å². The van der Waals surface area contributed by atoms with Crippen molar-refractivity contribution in [1.82, 2.24) is 4.90 Å². The molecule has 0 aliphatic carbocycles. The largest absolute Gasteiger partial charge is 0.366 e. The van der Waals surface area contributed by atoms with E-state index < -0.39 is 9.73 Å². The Balaban J connectivity index is 2.40. The highest BCUT2D eigenvalue weighted by molar-refractivity contribution is 7.93. The van der Waals surface area contributed by atoms with E-state index in [0.717, 1.165) is 34.7 Å². The molecule has 2 rings (SSSR count). The Morgan fingerprint density at radius 2 is 1.81 bits per heavy atom. The van der Waals surface area contributed by atoms with Crippen LogP contribution in [-0.2, 0) is 16.1 Å². The van der Waals surface area contributed by atoms with Gasteiger partial charge in [0.2, 0.25) is 0 Å². The molecule has 0 spiro atoms. The molecule has 1 atom stereocenters. The van der Waals surface area contributed by atoms with Gasteiger partial charge in [-0.25, -0.2) is 13.6 Å². The molecule has 0 amide bonds. The summed E-state index contributed by atoms with van der Waals surface area (Å²) in [7, 11) is 1.28. The first-order valence-corrected chi connectivity index (χ1v) is 10.7. The Kier molecular flexibility index (Phi) is 6.59. The third kappa shape index (κ3) is 4.73. The summed E-state index contributed by atoms with van der Waals surface area (Å²) in [6, 6.07) is 12.2. The fourth-order valence-corrected chi connectivity index (χ4v) is 3.91. The summed E-state index contributed by atoms with van der Waals surface area (Å²) < 4.78 is 16.9. The molecule has 0 N–H and O–H groups in total. The average molecular weight is 372 g/mol. The lowest BCUT2D eigenvalue weighted by atomic mass is 9.97. The Bertz CT molecular complexity index is 925. The highest BCUT2D eigenvalue weighted by atomic mass is 32.2. The monoisotopic (exact) mass is 371 g/mol. The lowest BCUT2D eigenvalue weighted by Gasteiger charge is -2.14. The lowest BCUT2D eigenvalue weighted by molar-refractivity contribution is 0.552.